The minimum atomic E-state index is -0.592. The Morgan fingerprint density at radius 1 is 1.67 bits per heavy atom. The summed E-state index contributed by atoms with van der Waals surface area (Å²) >= 11 is 4.89. The first kappa shape index (κ1) is 8.17. The first-order valence-electron chi connectivity index (χ1n) is 2.25. The van der Waals surface area contributed by atoms with Crippen LogP contribution in [0.5, 0.6) is 0 Å². The van der Waals surface area contributed by atoms with Crippen LogP contribution in [-0.2, 0) is 9.59 Å². The normalized spacial score (nSPS) is 8.11. The SMILES string of the molecule is C=CC(=O)NCC(=O)Cl. The van der Waals surface area contributed by atoms with Gasteiger partial charge in [-0.25, -0.2) is 0 Å². The summed E-state index contributed by atoms with van der Waals surface area (Å²) < 4.78 is 0. The third-order valence-electron chi connectivity index (χ3n) is 0.587. The molecule has 50 valence electrons. The number of amides is 1. The van der Waals surface area contributed by atoms with Crippen LogP contribution < -0.4 is 5.32 Å². The predicted molar refractivity (Wildman–Crippen MR) is 34.1 cm³/mol. The molecule has 1 amide bonds. The molecule has 9 heavy (non-hydrogen) atoms. The van der Waals surface area contributed by atoms with E-state index in [9.17, 15) is 9.59 Å². The van der Waals surface area contributed by atoms with Crippen molar-refractivity contribution in [2.75, 3.05) is 6.54 Å². The van der Waals surface area contributed by atoms with Gasteiger partial charge in [-0.2, -0.15) is 0 Å². The van der Waals surface area contributed by atoms with Crippen LogP contribution in [0.3, 0.4) is 0 Å². The van der Waals surface area contributed by atoms with Gasteiger partial charge in [-0.1, -0.05) is 6.58 Å². The molecule has 0 heterocycles. The molecule has 0 rings (SSSR count). The Bertz CT molecular complexity index is 144. The van der Waals surface area contributed by atoms with Gasteiger partial charge in [0.15, 0.2) is 0 Å². The van der Waals surface area contributed by atoms with Crippen molar-refractivity contribution in [2.24, 2.45) is 0 Å². The van der Waals surface area contributed by atoms with Crippen molar-refractivity contribution in [2.45, 2.75) is 0 Å². The largest absolute Gasteiger partial charge is 0.344 e. The molecule has 1 N–H and O–H groups in total. The number of rotatable bonds is 3. The van der Waals surface area contributed by atoms with E-state index in [4.69, 9.17) is 11.6 Å². The van der Waals surface area contributed by atoms with Crippen LogP contribution in [0, 0.1) is 0 Å². The molecular weight excluding hydrogens is 142 g/mol. The van der Waals surface area contributed by atoms with Gasteiger partial charge in [0.25, 0.3) is 0 Å². The molecule has 0 atom stereocenters. The first-order chi connectivity index (χ1) is 4.16. The third-order valence-corrected chi connectivity index (χ3v) is 0.721. The minimum Gasteiger partial charge on any atom is -0.344 e. The molecule has 0 saturated carbocycles. The van der Waals surface area contributed by atoms with E-state index in [2.05, 4.69) is 11.9 Å². The minimum absolute atomic E-state index is 0.146. The van der Waals surface area contributed by atoms with E-state index in [1.165, 1.54) is 0 Å². The molecule has 0 aliphatic carbocycles. The van der Waals surface area contributed by atoms with Gasteiger partial charge in [-0.05, 0) is 17.7 Å². The summed E-state index contributed by atoms with van der Waals surface area (Å²) in [6.07, 6.45) is 1.07. The van der Waals surface area contributed by atoms with Crippen LogP contribution in [-0.4, -0.2) is 17.7 Å². The number of nitrogens with one attached hydrogen (secondary N) is 1. The van der Waals surface area contributed by atoms with E-state index in [1.807, 2.05) is 0 Å². The summed E-state index contributed by atoms with van der Waals surface area (Å²) in [5, 5.41) is 1.60. The van der Waals surface area contributed by atoms with Crippen LogP contribution in [0.2, 0.25) is 0 Å². The fourth-order valence-corrected chi connectivity index (χ4v) is 0.296. The zero-order chi connectivity index (χ0) is 7.28. The quantitative estimate of drug-likeness (QED) is 0.453. The van der Waals surface area contributed by atoms with Crippen LogP contribution in [0.15, 0.2) is 12.7 Å². The summed E-state index contributed by atoms with van der Waals surface area (Å²) in [6, 6.07) is 0. The summed E-state index contributed by atoms with van der Waals surface area (Å²) in [5.74, 6) is -0.399. The average Bonchev–Trinajstić information content (AvgIpc) is 1.83. The zero-order valence-corrected chi connectivity index (χ0v) is 5.44. The molecule has 0 unspecified atom stereocenters. The summed E-state index contributed by atoms with van der Waals surface area (Å²) in [5.41, 5.74) is 0. The number of hydrogen-bond donors (Lipinski definition) is 1. The standard InChI is InChI=1S/C5H6ClNO2/c1-2-5(9)7-3-4(6)8/h2H,1,3H2,(H,7,9). The van der Waals surface area contributed by atoms with Crippen molar-refractivity contribution in [3.63, 3.8) is 0 Å². The molecule has 4 heteroatoms. The number of halogens is 1. The number of hydrogen-bond acceptors (Lipinski definition) is 2. The lowest BCUT2D eigenvalue weighted by Gasteiger charge is -1.93. The molecule has 0 saturated heterocycles. The maximum Gasteiger partial charge on any atom is 0.243 e. The van der Waals surface area contributed by atoms with Gasteiger partial charge in [-0.3, -0.25) is 9.59 Å². The van der Waals surface area contributed by atoms with E-state index in [-0.39, 0.29) is 6.54 Å². The maximum absolute atomic E-state index is 10.3. The van der Waals surface area contributed by atoms with Gasteiger partial charge in [0.1, 0.15) is 0 Å². The van der Waals surface area contributed by atoms with Crippen molar-refractivity contribution in [1.29, 1.82) is 0 Å². The fraction of sp³-hybridized carbons (Fsp3) is 0.200. The first-order valence-corrected chi connectivity index (χ1v) is 2.63. The van der Waals surface area contributed by atoms with E-state index < -0.39 is 11.1 Å². The van der Waals surface area contributed by atoms with E-state index in [0.29, 0.717) is 0 Å². The van der Waals surface area contributed by atoms with Crippen molar-refractivity contribution in [1.82, 2.24) is 5.32 Å². The molecule has 0 fully saturated rings. The molecule has 0 aromatic carbocycles. The lowest BCUT2D eigenvalue weighted by atomic mass is 10.5. The van der Waals surface area contributed by atoms with Crippen molar-refractivity contribution in [3.8, 4) is 0 Å². The monoisotopic (exact) mass is 147 g/mol. The zero-order valence-electron chi connectivity index (χ0n) is 4.69. The maximum atomic E-state index is 10.3. The van der Waals surface area contributed by atoms with Crippen LogP contribution in [0.1, 0.15) is 0 Å². The third kappa shape index (κ3) is 5.03. The molecular formula is C5H6ClNO2. The molecule has 0 spiro atoms. The lowest BCUT2D eigenvalue weighted by Crippen LogP contribution is -2.25. The highest BCUT2D eigenvalue weighted by Gasteiger charge is 1.96. The van der Waals surface area contributed by atoms with Crippen LogP contribution >= 0.6 is 11.6 Å². The summed E-state index contributed by atoms with van der Waals surface area (Å²) in [6.45, 7) is 3.03. The number of carbonyl (C=O) groups excluding carboxylic acids is 2. The second kappa shape index (κ2) is 4.09. The highest BCUT2D eigenvalue weighted by atomic mass is 35.5. The highest BCUT2D eigenvalue weighted by Crippen LogP contribution is 1.75. The Hall–Kier alpha value is -0.830. The van der Waals surface area contributed by atoms with Gasteiger partial charge in [-0.15, -0.1) is 0 Å². The van der Waals surface area contributed by atoms with E-state index in [0.717, 1.165) is 6.08 Å². The Labute approximate surface area is 57.7 Å². The van der Waals surface area contributed by atoms with Crippen LogP contribution in [0.4, 0.5) is 0 Å². The van der Waals surface area contributed by atoms with Crippen molar-refractivity contribution < 1.29 is 9.59 Å². The molecule has 0 aliphatic heterocycles. The highest BCUT2D eigenvalue weighted by molar-refractivity contribution is 6.64. The number of carbonyl (C=O) groups is 2. The molecule has 0 aromatic rings. The van der Waals surface area contributed by atoms with Gasteiger partial charge in [0, 0.05) is 0 Å². The molecule has 3 nitrogen and oxygen atoms in total. The Balaban J connectivity index is 3.39. The molecule has 0 radical (unpaired) electrons. The molecule has 0 aliphatic rings. The Morgan fingerprint density at radius 3 is 2.56 bits per heavy atom. The van der Waals surface area contributed by atoms with Gasteiger partial charge in [0.05, 0.1) is 6.54 Å². The second-order valence-electron chi connectivity index (χ2n) is 1.28. The summed E-state index contributed by atoms with van der Waals surface area (Å²) in [7, 11) is 0. The Kier molecular flexibility index (Phi) is 3.71. The Morgan fingerprint density at radius 2 is 2.22 bits per heavy atom. The van der Waals surface area contributed by atoms with E-state index in [1.54, 1.807) is 0 Å². The fourth-order valence-electron chi connectivity index (χ4n) is 0.229. The van der Waals surface area contributed by atoms with Gasteiger partial charge >= 0.3 is 0 Å². The average molecular weight is 148 g/mol. The molecule has 0 bridgehead atoms. The second-order valence-corrected chi connectivity index (χ2v) is 1.70. The summed E-state index contributed by atoms with van der Waals surface area (Å²) in [4.78, 5) is 20.3. The van der Waals surface area contributed by atoms with Crippen molar-refractivity contribution in [3.05, 3.63) is 12.7 Å². The van der Waals surface area contributed by atoms with E-state index >= 15 is 0 Å². The van der Waals surface area contributed by atoms with Gasteiger partial charge in [0.2, 0.25) is 11.1 Å². The smallest absolute Gasteiger partial charge is 0.243 e. The lowest BCUT2D eigenvalue weighted by molar-refractivity contribution is -0.119. The van der Waals surface area contributed by atoms with Crippen molar-refractivity contribution >= 4 is 22.8 Å². The van der Waals surface area contributed by atoms with Crippen LogP contribution in [0.25, 0.3) is 0 Å². The topological polar surface area (TPSA) is 46.2 Å². The molecule has 0 aromatic heterocycles. The van der Waals surface area contributed by atoms with Gasteiger partial charge < -0.3 is 5.32 Å². The predicted octanol–water partition coefficient (Wildman–Crippen LogP) is 0.0540.